The summed E-state index contributed by atoms with van der Waals surface area (Å²) in [6.45, 7) is 5.62. The van der Waals surface area contributed by atoms with Crippen LogP contribution in [0.25, 0.3) is 11.0 Å². The molecule has 0 radical (unpaired) electrons. The van der Waals surface area contributed by atoms with Crippen molar-refractivity contribution in [3.05, 3.63) is 58.8 Å². The summed E-state index contributed by atoms with van der Waals surface area (Å²) in [6, 6.07) is 12.6. The van der Waals surface area contributed by atoms with Crippen molar-refractivity contribution in [3.63, 3.8) is 0 Å². The zero-order valence-electron chi connectivity index (χ0n) is 17.8. The van der Waals surface area contributed by atoms with Crippen LogP contribution in [0.1, 0.15) is 12.8 Å². The highest BCUT2D eigenvalue weighted by Crippen LogP contribution is 2.19. The number of thiocarbonyl (C=S) groups is 1. The number of hydrogen-bond donors (Lipinski definition) is 1. The van der Waals surface area contributed by atoms with Gasteiger partial charge in [-0.05, 0) is 61.9 Å². The van der Waals surface area contributed by atoms with Gasteiger partial charge in [0.25, 0.3) is 0 Å². The second-order valence-corrected chi connectivity index (χ2v) is 8.21. The highest BCUT2D eigenvalue weighted by Gasteiger charge is 2.17. The average molecular weight is 442 g/mol. The van der Waals surface area contributed by atoms with E-state index < -0.39 is 0 Å². The molecule has 1 saturated heterocycles. The van der Waals surface area contributed by atoms with Crippen LogP contribution in [0, 0.1) is 5.82 Å². The van der Waals surface area contributed by atoms with Crippen molar-refractivity contribution in [2.45, 2.75) is 19.4 Å². The first-order valence-corrected chi connectivity index (χ1v) is 11.2. The van der Waals surface area contributed by atoms with E-state index in [9.17, 15) is 9.18 Å². The Bertz CT molecular complexity index is 1100. The van der Waals surface area contributed by atoms with Crippen LogP contribution >= 0.6 is 12.2 Å². The van der Waals surface area contributed by atoms with Crippen LogP contribution in [0.4, 0.5) is 15.8 Å². The molecule has 1 N–H and O–H groups in total. The van der Waals surface area contributed by atoms with E-state index in [-0.39, 0.29) is 11.5 Å². The number of aromatic nitrogens is 2. The summed E-state index contributed by atoms with van der Waals surface area (Å²) in [5.41, 5.74) is 5.32. The molecule has 6 nitrogen and oxygen atoms in total. The lowest BCUT2D eigenvalue weighted by molar-refractivity contribution is 0.251. The van der Waals surface area contributed by atoms with Gasteiger partial charge in [-0.25, -0.2) is 9.18 Å². The van der Waals surface area contributed by atoms with Gasteiger partial charge in [0.05, 0.1) is 16.5 Å². The number of imidazole rings is 1. The third kappa shape index (κ3) is 4.80. The van der Waals surface area contributed by atoms with Crippen molar-refractivity contribution in [1.29, 1.82) is 0 Å². The maximum absolute atomic E-state index is 13.1. The standard InChI is InChI=1S/C23H28FN5OS/c1-26-21-9-6-19(25-17-31)16-22(21)29(23(26)30)11-3-2-10-27-12-14-28(15-13-27)20-7-4-18(24)5-8-20/h4-9,16-17H,2-3,10-15H2,1H3,(H,25,31). The summed E-state index contributed by atoms with van der Waals surface area (Å²) in [5, 5.41) is 3.02. The van der Waals surface area contributed by atoms with E-state index in [1.165, 1.54) is 17.6 Å². The van der Waals surface area contributed by atoms with Crippen LogP contribution in [-0.2, 0) is 13.6 Å². The molecular formula is C23H28FN5OS. The van der Waals surface area contributed by atoms with Gasteiger partial charge >= 0.3 is 5.69 Å². The van der Waals surface area contributed by atoms with Crippen molar-refractivity contribution in [2.75, 3.05) is 42.9 Å². The van der Waals surface area contributed by atoms with Gasteiger partial charge in [0.1, 0.15) is 5.82 Å². The first-order chi connectivity index (χ1) is 15.1. The fourth-order valence-corrected chi connectivity index (χ4v) is 4.41. The largest absolute Gasteiger partial charge is 0.369 e. The molecule has 164 valence electrons. The zero-order valence-corrected chi connectivity index (χ0v) is 18.6. The number of anilines is 2. The fraction of sp³-hybridized carbons (Fsp3) is 0.391. The first-order valence-electron chi connectivity index (χ1n) is 10.7. The van der Waals surface area contributed by atoms with Gasteiger partial charge < -0.3 is 10.2 Å². The topological polar surface area (TPSA) is 45.4 Å². The molecule has 0 unspecified atom stereocenters. The minimum atomic E-state index is -0.195. The molecule has 2 heterocycles. The van der Waals surface area contributed by atoms with Gasteiger partial charge in [-0.1, -0.05) is 12.2 Å². The Morgan fingerprint density at radius 2 is 1.71 bits per heavy atom. The Balaban J connectivity index is 1.29. The smallest absolute Gasteiger partial charge is 0.328 e. The fourth-order valence-electron chi connectivity index (χ4n) is 4.27. The molecule has 2 aromatic carbocycles. The van der Waals surface area contributed by atoms with Gasteiger partial charge in [0, 0.05) is 51.1 Å². The summed E-state index contributed by atoms with van der Waals surface area (Å²) >= 11 is 4.88. The van der Waals surface area contributed by atoms with E-state index in [1.807, 2.05) is 41.9 Å². The second-order valence-electron chi connectivity index (χ2n) is 7.97. The molecule has 0 atom stereocenters. The van der Waals surface area contributed by atoms with Crippen LogP contribution in [0.5, 0.6) is 0 Å². The van der Waals surface area contributed by atoms with Gasteiger partial charge in [0.2, 0.25) is 0 Å². The lowest BCUT2D eigenvalue weighted by Gasteiger charge is -2.36. The van der Waals surface area contributed by atoms with Crippen molar-refractivity contribution in [1.82, 2.24) is 14.0 Å². The van der Waals surface area contributed by atoms with Crippen LogP contribution in [-0.4, -0.2) is 52.2 Å². The number of piperazine rings is 1. The normalized spacial score (nSPS) is 14.8. The van der Waals surface area contributed by atoms with Crippen molar-refractivity contribution in [2.24, 2.45) is 7.05 Å². The van der Waals surface area contributed by atoms with E-state index in [4.69, 9.17) is 12.2 Å². The summed E-state index contributed by atoms with van der Waals surface area (Å²) < 4.78 is 16.7. The molecule has 0 saturated carbocycles. The Labute approximate surface area is 186 Å². The molecule has 1 fully saturated rings. The molecular weight excluding hydrogens is 413 g/mol. The second kappa shape index (κ2) is 9.62. The number of unbranched alkanes of at least 4 members (excludes halogenated alkanes) is 1. The molecule has 1 aliphatic heterocycles. The zero-order chi connectivity index (χ0) is 21.8. The van der Waals surface area contributed by atoms with Gasteiger partial charge in [-0.15, -0.1) is 0 Å². The number of rotatable bonds is 8. The van der Waals surface area contributed by atoms with Gasteiger partial charge in [-0.3, -0.25) is 14.0 Å². The number of hydrogen-bond acceptors (Lipinski definition) is 4. The average Bonchev–Trinajstić information content (AvgIpc) is 3.02. The third-order valence-electron chi connectivity index (χ3n) is 6.04. The highest BCUT2D eigenvalue weighted by atomic mass is 32.1. The first kappa shape index (κ1) is 21.5. The van der Waals surface area contributed by atoms with E-state index in [0.29, 0.717) is 6.54 Å². The SMILES string of the molecule is Cn1c(=O)n(CCCCN2CCN(c3ccc(F)cc3)CC2)c2cc(NC=S)ccc21. The highest BCUT2D eigenvalue weighted by molar-refractivity contribution is 7.79. The number of aryl methyl sites for hydroxylation is 2. The summed E-state index contributed by atoms with van der Waals surface area (Å²) in [4.78, 5) is 17.5. The lowest BCUT2D eigenvalue weighted by atomic mass is 10.2. The number of halogens is 1. The summed E-state index contributed by atoms with van der Waals surface area (Å²) in [7, 11) is 1.81. The maximum atomic E-state index is 13.1. The lowest BCUT2D eigenvalue weighted by Crippen LogP contribution is -2.46. The monoisotopic (exact) mass is 441 g/mol. The number of fused-ring (bicyclic) bond motifs is 1. The maximum Gasteiger partial charge on any atom is 0.328 e. The van der Waals surface area contributed by atoms with Crippen LogP contribution < -0.4 is 15.9 Å². The molecule has 3 aromatic rings. The van der Waals surface area contributed by atoms with Crippen LogP contribution in [0.3, 0.4) is 0 Å². The van der Waals surface area contributed by atoms with Crippen molar-refractivity contribution < 1.29 is 4.39 Å². The molecule has 31 heavy (non-hydrogen) atoms. The van der Waals surface area contributed by atoms with E-state index in [2.05, 4.69) is 15.1 Å². The molecule has 0 amide bonds. The summed E-state index contributed by atoms with van der Waals surface area (Å²) in [6.07, 6.45) is 1.99. The summed E-state index contributed by atoms with van der Waals surface area (Å²) in [5.74, 6) is -0.195. The van der Waals surface area contributed by atoms with Crippen molar-refractivity contribution in [3.8, 4) is 0 Å². The Kier molecular flexibility index (Phi) is 6.67. The number of benzene rings is 2. The molecule has 0 spiro atoms. The predicted molar refractivity (Wildman–Crippen MR) is 129 cm³/mol. The van der Waals surface area contributed by atoms with E-state index >= 15 is 0 Å². The molecule has 1 aromatic heterocycles. The quantitative estimate of drug-likeness (QED) is 0.429. The van der Waals surface area contributed by atoms with Gasteiger partial charge in [0.15, 0.2) is 0 Å². The minimum absolute atomic E-state index is 0.0161. The van der Waals surface area contributed by atoms with Crippen LogP contribution in [0.2, 0.25) is 0 Å². The van der Waals surface area contributed by atoms with Crippen molar-refractivity contribution >= 4 is 40.1 Å². The molecule has 0 aliphatic carbocycles. The Morgan fingerprint density at radius 1 is 1.00 bits per heavy atom. The third-order valence-corrected chi connectivity index (χ3v) is 6.16. The van der Waals surface area contributed by atoms with Gasteiger partial charge in [-0.2, -0.15) is 0 Å². The molecule has 0 bridgehead atoms. The molecule has 8 heteroatoms. The van der Waals surface area contributed by atoms with E-state index in [1.54, 1.807) is 4.57 Å². The van der Waals surface area contributed by atoms with E-state index in [0.717, 1.165) is 68.0 Å². The number of nitrogens with one attached hydrogen (secondary N) is 1. The predicted octanol–water partition coefficient (Wildman–Crippen LogP) is 3.45. The molecule has 1 aliphatic rings. The van der Waals surface area contributed by atoms with Crippen LogP contribution in [0.15, 0.2) is 47.3 Å². The Morgan fingerprint density at radius 3 is 2.42 bits per heavy atom. The molecule has 4 rings (SSSR count). The Hall–Kier alpha value is -2.71. The number of nitrogens with zero attached hydrogens (tertiary/aromatic N) is 4. The minimum Gasteiger partial charge on any atom is -0.369 e.